The van der Waals surface area contributed by atoms with Crippen molar-refractivity contribution in [1.82, 2.24) is 0 Å². The molecule has 0 saturated heterocycles. The molecule has 1 aliphatic rings. The lowest BCUT2D eigenvalue weighted by molar-refractivity contribution is 0.461. The third kappa shape index (κ3) is 2.41. The lowest BCUT2D eigenvalue weighted by Crippen LogP contribution is -2.33. The fraction of sp³-hybridized carbons (Fsp3) is 0.455. The van der Waals surface area contributed by atoms with Crippen molar-refractivity contribution in [2.45, 2.75) is 31.2 Å². The fourth-order valence-electron chi connectivity index (χ4n) is 2.09. The third-order valence-electron chi connectivity index (χ3n) is 2.90. The highest BCUT2D eigenvalue weighted by atomic mass is 127. The van der Waals surface area contributed by atoms with Crippen LogP contribution in [0.2, 0.25) is 0 Å². The van der Waals surface area contributed by atoms with Crippen LogP contribution < -0.4 is 5.73 Å². The van der Waals surface area contributed by atoms with E-state index in [-0.39, 0.29) is 17.9 Å². The summed E-state index contributed by atoms with van der Waals surface area (Å²) >= 11 is 2.34. The first kappa shape index (κ1) is 12.3. The number of rotatable bonds is 1. The Balaban J connectivity index is 0.000000980. The van der Waals surface area contributed by atoms with E-state index in [0.717, 1.165) is 12.8 Å². The Morgan fingerprint density at radius 1 is 1.21 bits per heavy atom. The highest BCUT2D eigenvalue weighted by Gasteiger charge is 2.30. The molecule has 0 aromatic heterocycles. The van der Waals surface area contributed by atoms with Crippen LogP contribution in [0.15, 0.2) is 24.3 Å². The van der Waals surface area contributed by atoms with Gasteiger partial charge in [0.2, 0.25) is 0 Å². The van der Waals surface area contributed by atoms with Gasteiger partial charge in [0.1, 0.15) is 0 Å². The van der Waals surface area contributed by atoms with E-state index in [9.17, 15) is 0 Å². The Morgan fingerprint density at radius 2 is 1.86 bits per heavy atom. The molecule has 1 aromatic carbocycles. The molecule has 0 atom stereocenters. The predicted molar refractivity (Wildman–Crippen MR) is 70.7 cm³/mol. The van der Waals surface area contributed by atoms with Crippen LogP contribution in [0.3, 0.4) is 0 Å². The number of benzene rings is 1. The van der Waals surface area contributed by atoms with Gasteiger partial charge in [-0.05, 0) is 53.1 Å². The molecule has 2 N–H and O–H groups in total. The van der Waals surface area contributed by atoms with E-state index < -0.39 is 0 Å². The third-order valence-corrected chi connectivity index (χ3v) is 3.57. The molecule has 1 nitrogen and oxygen atoms in total. The Kier molecular flexibility index (Phi) is 4.22. The summed E-state index contributed by atoms with van der Waals surface area (Å²) in [4.78, 5) is 0. The van der Waals surface area contributed by atoms with Crippen molar-refractivity contribution in [2.24, 2.45) is 5.73 Å². The molecule has 78 valence electrons. The van der Waals surface area contributed by atoms with E-state index in [4.69, 9.17) is 5.73 Å². The summed E-state index contributed by atoms with van der Waals surface area (Å²) in [6, 6.07) is 8.59. The summed E-state index contributed by atoms with van der Waals surface area (Å²) in [7, 11) is 0. The first-order valence-electron chi connectivity index (χ1n) is 4.76. The molecule has 0 spiro atoms. The molecule has 1 aromatic rings. The van der Waals surface area contributed by atoms with Crippen LogP contribution in [0, 0.1) is 3.57 Å². The van der Waals surface area contributed by atoms with Crippen molar-refractivity contribution in [3.05, 3.63) is 33.4 Å². The Morgan fingerprint density at radius 3 is 2.43 bits per heavy atom. The summed E-state index contributed by atoms with van der Waals surface area (Å²) in [6.45, 7) is 0. The van der Waals surface area contributed by atoms with Gasteiger partial charge in [0, 0.05) is 9.11 Å². The maximum absolute atomic E-state index is 6.35. The molecule has 0 bridgehead atoms. The molecular weight excluding hydrogens is 308 g/mol. The minimum Gasteiger partial charge on any atom is -0.321 e. The fourth-order valence-corrected chi connectivity index (χ4v) is 2.64. The molecule has 0 amide bonds. The second-order valence-electron chi connectivity index (χ2n) is 3.87. The normalized spacial score (nSPS) is 19.0. The maximum Gasteiger partial charge on any atom is 0.0410 e. The predicted octanol–water partition coefficient (Wildman–Crippen LogP) is 3.44. The van der Waals surface area contributed by atoms with Crippen molar-refractivity contribution in [3.63, 3.8) is 0 Å². The van der Waals surface area contributed by atoms with Crippen LogP contribution in [0.5, 0.6) is 0 Å². The van der Waals surface area contributed by atoms with E-state index in [2.05, 4.69) is 46.9 Å². The van der Waals surface area contributed by atoms with Crippen LogP contribution in [-0.4, -0.2) is 0 Å². The molecule has 14 heavy (non-hydrogen) atoms. The second kappa shape index (κ2) is 4.81. The van der Waals surface area contributed by atoms with Gasteiger partial charge in [0.25, 0.3) is 0 Å². The van der Waals surface area contributed by atoms with Crippen molar-refractivity contribution in [1.29, 1.82) is 0 Å². The number of hydrogen-bond donors (Lipinski definition) is 1. The van der Waals surface area contributed by atoms with Gasteiger partial charge in [-0.3, -0.25) is 0 Å². The highest BCUT2D eigenvalue weighted by Crippen LogP contribution is 2.36. The average Bonchev–Trinajstić information content (AvgIpc) is 2.54. The van der Waals surface area contributed by atoms with Gasteiger partial charge >= 0.3 is 0 Å². The summed E-state index contributed by atoms with van der Waals surface area (Å²) in [5.74, 6) is 0. The summed E-state index contributed by atoms with van der Waals surface area (Å²) in [5.41, 5.74) is 7.64. The van der Waals surface area contributed by atoms with E-state index >= 15 is 0 Å². The highest BCUT2D eigenvalue weighted by molar-refractivity contribution is 14.1. The van der Waals surface area contributed by atoms with E-state index in [1.165, 1.54) is 22.0 Å². The van der Waals surface area contributed by atoms with Crippen LogP contribution >= 0.6 is 35.0 Å². The zero-order chi connectivity index (χ0) is 9.31. The Bertz CT molecular complexity index is 308. The standard InChI is InChI=1S/C11H14IN.ClH/c12-10-5-3-4-9(8-10)11(13)6-1-2-7-11;/h3-5,8H,1-2,6-7,13H2;1H. The van der Waals surface area contributed by atoms with Gasteiger partial charge in [-0.15, -0.1) is 12.4 Å². The molecule has 0 heterocycles. The zero-order valence-electron chi connectivity index (χ0n) is 8.00. The smallest absolute Gasteiger partial charge is 0.0410 e. The second-order valence-corrected chi connectivity index (χ2v) is 5.12. The number of hydrogen-bond acceptors (Lipinski definition) is 1. The quantitative estimate of drug-likeness (QED) is 0.787. The molecule has 1 saturated carbocycles. The lowest BCUT2D eigenvalue weighted by atomic mass is 9.90. The van der Waals surface area contributed by atoms with Crippen molar-refractivity contribution in [2.75, 3.05) is 0 Å². The van der Waals surface area contributed by atoms with E-state index in [0.29, 0.717) is 0 Å². The zero-order valence-corrected chi connectivity index (χ0v) is 11.0. The van der Waals surface area contributed by atoms with Gasteiger partial charge < -0.3 is 5.73 Å². The van der Waals surface area contributed by atoms with Crippen LogP contribution in [0.25, 0.3) is 0 Å². The SMILES string of the molecule is Cl.NC1(c2cccc(I)c2)CCCC1. The van der Waals surface area contributed by atoms with Gasteiger partial charge in [0.05, 0.1) is 0 Å². The summed E-state index contributed by atoms with van der Waals surface area (Å²) in [5, 5.41) is 0. The van der Waals surface area contributed by atoms with Gasteiger partial charge in [-0.2, -0.15) is 0 Å². The maximum atomic E-state index is 6.35. The Hall–Kier alpha value is 0.200. The van der Waals surface area contributed by atoms with Crippen LogP contribution in [0.4, 0.5) is 0 Å². The van der Waals surface area contributed by atoms with Crippen molar-refractivity contribution in [3.8, 4) is 0 Å². The monoisotopic (exact) mass is 323 g/mol. The molecule has 2 rings (SSSR count). The molecule has 0 radical (unpaired) electrons. The van der Waals surface area contributed by atoms with Crippen LogP contribution in [0.1, 0.15) is 31.2 Å². The molecule has 1 aliphatic carbocycles. The molecule has 0 unspecified atom stereocenters. The molecule has 3 heteroatoms. The first-order valence-corrected chi connectivity index (χ1v) is 5.83. The van der Waals surface area contributed by atoms with Crippen molar-refractivity contribution < 1.29 is 0 Å². The number of halogens is 2. The van der Waals surface area contributed by atoms with Gasteiger partial charge in [-0.1, -0.05) is 25.0 Å². The summed E-state index contributed by atoms with van der Waals surface area (Å²) < 4.78 is 1.28. The minimum atomic E-state index is -0.0266. The van der Waals surface area contributed by atoms with Crippen molar-refractivity contribution >= 4 is 35.0 Å². The van der Waals surface area contributed by atoms with Gasteiger partial charge in [-0.25, -0.2) is 0 Å². The van der Waals surface area contributed by atoms with Crippen LogP contribution in [-0.2, 0) is 5.54 Å². The lowest BCUT2D eigenvalue weighted by Gasteiger charge is -2.24. The average molecular weight is 324 g/mol. The van der Waals surface area contributed by atoms with E-state index in [1.807, 2.05) is 0 Å². The molecule has 0 aliphatic heterocycles. The topological polar surface area (TPSA) is 26.0 Å². The molecular formula is C11H15ClIN. The van der Waals surface area contributed by atoms with E-state index in [1.54, 1.807) is 0 Å². The first-order chi connectivity index (χ1) is 6.21. The Labute approximate surface area is 105 Å². The summed E-state index contributed by atoms with van der Waals surface area (Å²) in [6.07, 6.45) is 4.85. The largest absolute Gasteiger partial charge is 0.321 e. The minimum absolute atomic E-state index is 0. The number of nitrogens with two attached hydrogens (primary N) is 1. The van der Waals surface area contributed by atoms with Gasteiger partial charge in [0.15, 0.2) is 0 Å². The molecule has 1 fully saturated rings.